The topological polar surface area (TPSA) is 81.1 Å². The van der Waals surface area contributed by atoms with Gasteiger partial charge < -0.3 is 15.5 Å². The monoisotopic (exact) mass is 349 g/mol. The molecule has 3 rings (SSSR count). The third kappa shape index (κ3) is 4.22. The van der Waals surface area contributed by atoms with Gasteiger partial charge in [-0.2, -0.15) is 0 Å². The Morgan fingerprint density at radius 3 is 2.96 bits per heavy atom. The van der Waals surface area contributed by atoms with Gasteiger partial charge in [-0.15, -0.1) is 0 Å². The number of aryl methyl sites for hydroxylation is 1. The molecule has 0 aliphatic heterocycles. The molecule has 134 valence electrons. The summed E-state index contributed by atoms with van der Waals surface area (Å²) >= 11 is 0. The zero-order valence-electron chi connectivity index (χ0n) is 13.8. The van der Waals surface area contributed by atoms with E-state index in [0.717, 1.165) is 31.4 Å². The van der Waals surface area contributed by atoms with Crippen LogP contribution in [-0.2, 0) is 11.2 Å². The minimum Gasteiger partial charge on any atom is -0.441 e. The first-order chi connectivity index (χ1) is 12.1. The van der Waals surface area contributed by atoms with Gasteiger partial charge in [0, 0.05) is 24.9 Å². The lowest BCUT2D eigenvalue weighted by Crippen LogP contribution is -2.39. The van der Waals surface area contributed by atoms with Crippen LogP contribution in [0.3, 0.4) is 0 Å². The number of amides is 1. The first-order valence-electron chi connectivity index (χ1n) is 8.46. The summed E-state index contributed by atoms with van der Waals surface area (Å²) in [7, 11) is 0. The number of hydrogen-bond donors (Lipinski definition) is 2. The van der Waals surface area contributed by atoms with Crippen LogP contribution in [-0.4, -0.2) is 23.5 Å². The summed E-state index contributed by atoms with van der Waals surface area (Å²) < 4.78 is 32.2. The molecule has 1 aromatic carbocycles. The zero-order valence-corrected chi connectivity index (χ0v) is 13.8. The molecule has 0 saturated heterocycles. The molecule has 1 aliphatic rings. The van der Waals surface area contributed by atoms with E-state index < -0.39 is 11.6 Å². The van der Waals surface area contributed by atoms with Crippen LogP contribution in [0.4, 0.5) is 8.78 Å². The first-order valence-corrected chi connectivity index (χ1v) is 8.46. The number of carbonyl (C=O) groups excluding carboxylic acids is 1. The van der Waals surface area contributed by atoms with Crippen molar-refractivity contribution in [3.63, 3.8) is 0 Å². The van der Waals surface area contributed by atoms with Crippen molar-refractivity contribution in [3.05, 3.63) is 41.9 Å². The molecule has 3 N–H and O–H groups in total. The molecule has 5 nitrogen and oxygen atoms in total. The van der Waals surface area contributed by atoms with Gasteiger partial charge in [-0.25, -0.2) is 13.8 Å². The van der Waals surface area contributed by atoms with Crippen LogP contribution >= 0.6 is 0 Å². The summed E-state index contributed by atoms with van der Waals surface area (Å²) in [4.78, 5) is 16.1. The largest absolute Gasteiger partial charge is 0.441 e. The van der Waals surface area contributed by atoms with Crippen molar-refractivity contribution in [2.75, 3.05) is 6.54 Å². The van der Waals surface area contributed by atoms with Crippen molar-refractivity contribution < 1.29 is 18.0 Å². The molecule has 1 aliphatic carbocycles. The van der Waals surface area contributed by atoms with Crippen LogP contribution < -0.4 is 11.1 Å². The normalized spacial score (nSPS) is 20.0. The Hall–Kier alpha value is -2.28. The summed E-state index contributed by atoms with van der Waals surface area (Å²) in [5.74, 6) is -0.533. The van der Waals surface area contributed by atoms with Gasteiger partial charge in [-0.3, -0.25) is 4.79 Å². The third-order valence-electron chi connectivity index (χ3n) is 4.62. The standard InChI is InChI=1S/C18H21F2N3O2/c19-12-4-5-13(14(20)8-12)16-10-22-18(25-16)7-6-17(24)23-15-3-1-2-11(15)9-21/h4-5,8,10-11,15H,1-3,6-7,9,21H2,(H,23,24). The number of rotatable bonds is 6. The lowest BCUT2D eigenvalue weighted by Gasteiger charge is -2.19. The molecular formula is C18H21F2N3O2. The number of nitrogens with one attached hydrogen (secondary N) is 1. The minimum absolute atomic E-state index is 0.0712. The molecule has 7 heteroatoms. The van der Waals surface area contributed by atoms with E-state index in [1.54, 1.807) is 0 Å². The van der Waals surface area contributed by atoms with E-state index >= 15 is 0 Å². The maximum atomic E-state index is 13.8. The average molecular weight is 349 g/mol. The number of benzene rings is 1. The summed E-state index contributed by atoms with van der Waals surface area (Å²) in [6, 6.07) is 3.39. The Kier molecular flexibility index (Phi) is 5.43. The fourth-order valence-electron chi connectivity index (χ4n) is 3.25. The van der Waals surface area contributed by atoms with Crippen LogP contribution in [0.25, 0.3) is 11.3 Å². The third-order valence-corrected chi connectivity index (χ3v) is 4.62. The van der Waals surface area contributed by atoms with Crippen LogP contribution in [0.15, 0.2) is 28.8 Å². The highest BCUT2D eigenvalue weighted by molar-refractivity contribution is 5.76. The van der Waals surface area contributed by atoms with Crippen molar-refractivity contribution >= 4 is 5.91 Å². The van der Waals surface area contributed by atoms with Crippen molar-refractivity contribution in [1.82, 2.24) is 10.3 Å². The number of oxazole rings is 1. The maximum absolute atomic E-state index is 13.8. The number of carbonyl (C=O) groups is 1. The molecule has 1 fully saturated rings. The second kappa shape index (κ2) is 7.74. The Morgan fingerprint density at radius 2 is 2.20 bits per heavy atom. The fraction of sp³-hybridized carbons (Fsp3) is 0.444. The lowest BCUT2D eigenvalue weighted by atomic mass is 10.0. The molecule has 1 amide bonds. The van der Waals surface area contributed by atoms with Gasteiger partial charge in [-0.1, -0.05) is 6.42 Å². The summed E-state index contributed by atoms with van der Waals surface area (Å²) in [5.41, 5.74) is 5.85. The van der Waals surface area contributed by atoms with Crippen LogP contribution in [0, 0.1) is 17.6 Å². The van der Waals surface area contributed by atoms with Crippen molar-refractivity contribution in [1.29, 1.82) is 0 Å². The van der Waals surface area contributed by atoms with E-state index in [1.807, 2.05) is 0 Å². The van der Waals surface area contributed by atoms with Gasteiger partial charge in [0.1, 0.15) is 11.6 Å². The van der Waals surface area contributed by atoms with Crippen LogP contribution in [0.5, 0.6) is 0 Å². The van der Waals surface area contributed by atoms with Crippen molar-refractivity contribution in [2.24, 2.45) is 11.7 Å². The Labute approximate surface area is 144 Å². The van der Waals surface area contributed by atoms with E-state index in [-0.39, 0.29) is 29.7 Å². The highest BCUT2D eigenvalue weighted by atomic mass is 19.1. The summed E-state index contributed by atoms with van der Waals surface area (Å²) in [5, 5.41) is 3.01. The number of hydrogen-bond acceptors (Lipinski definition) is 4. The molecule has 0 radical (unpaired) electrons. The Morgan fingerprint density at radius 1 is 1.36 bits per heavy atom. The molecule has 1 aromatic heterocycles. The van der Waals surface area contributed by atoms with Crippen molar-refractivity contribution in [2.45, 2.75) is 38.1 Å². The van der Waals surface area contributed by atoms with Gasteiger partial charge in [0.2, 0.25) is 5.91 Å². The molecule has 0 bridgehead atoms. The second-order valence-electron chi connectivity index (χ2n) is 6.34. The van der Waals surface area contributed by atoms with E-state index in [0.29, 0.717) is 24.8 Å². The predicted molar refractivity (Wildman–Crippen MR) is 88.5 cm³/mol. The Bertz CT molecular complexity index is 748. The fourth-order valence-corrected chi connectivity index (χ4v) is 3.25. The van der Waals surface area contributed by atoms with E-state index in [9.17, 15) is 13.6 Å². The SMILES string of the molecule is NCC1CCCC1NC(=O)CCc1ncc(-c2ccc(F)cc2F)o1. The molecule has 0 spiro atoms. The number of nitrogens with two attached hydrogens (primary N) is 1. The highest BCUT2D eigenvalue weighted by Gasteiger charge is 2.27. The second-order valence-corrected chi connectivity index (χ2v) is 6.34. The molecular weight excluding hydrogens is 328 g/mol. The zero-order chi connectivity index (χ0) is 17.8. The van der Waals surface area contributed by atoms with Gasteiger partial charge in [0.25, 0.3) is 0 Å². The molecule has 1 heterocycles. The molecule has 2 unspecified atom stereocenters. The van der Waals surface area contributed by atoms with Gasteiger partial charge in [0.15, 0.2) is 11.7 Å². The quantitative estimate of drug-likeness (QED) is 0.840. The molecule has 2 atom stereocenters. The average Bonchev–Trinajstić information content (AvgIpc) is 3.22. The summed E-state index contributed by atoms with van der Waals surface area (Å²) in [6.07, 6.45) is 5.02. The Balaban J connectivity index is 1.55. The molecule has 25 heavy (non-hydrogen) atoms. The number of aromatic nitrogens is 1. The summed E-state index contributed by atoms with van der Waals surface area (Å²) in [6.45, 7) is 0.581. The highest BCUT2D eigenvalue weighted by Crippen LogP contribution is 2.26. The van der Waals surface area contributed by atoms with E-state index in [4.69, 9.17) is 10.2 Å². The van der Waals surface area contributed by atoms with Crippen LogP contribution in [0.2, 0.25) is 0 Å². The number of halogens is 2. The van der Waals surface area contributed by atoms with Gasteiger partial charge in [0.05, 0.1) is 11.8 Å². The lowest BCUT2D eigenvalue weighted by molar-refractivity contribution is -0.122. The van der Waals surface area contributed by atoms with E-state index in [2.05, 4.69) is 10.3 Å². The minimum atomic E-state index is -0.713. The molecule has 1 saturated carbocycles. The van der Waals surface area contributed by atoms with Gasteiger partial charge in [-0.05, 0) is 37.4 Å². The van der Waals surface area contributed by atoms with Gasteiger partial charge >= 0.3 is 0 Å². The maximum Gasteiger partial charge on any atom is 0.220 e. The van der Waals surface area contributed by atoms with Crippen LogP contribution in [0.1, 0.15) is 31.6 Å². The van der Waals surface area contributed by atoms with E-state index in [1.165, 1.54) is 12.3 Å². The smallest absolute Gasteiger partial charge is 0.220 e. The molecule has 2 aromatic rings. The number of nitrogens with zero attached hydrogens (tertiary/aromatic N) is 1. The first kappa shape index (κ1) is 17.5. The van der Waals surface area contributed by atoms with Crippen molar-refractivity contribution in [3.8, 4) is 11.3 Å². The predicted octanol–water partition coefficient (Wildman–Crippen LogP) is 2.80.